The predicted molar refractivity (Wildman–Crippen MR) is 315 cm³/mol. The Balaban J connectivity index is 0.00000146. The lowest BCUT2D eigenvalue weighted by Gasteiger charge is -2.25. The van der Waals surface area contributed by atoms with Crippen molar-refractivity contribution in [3.8, 4) is 0 Å². The highest BCUT2D eigenvalue weighted by atomic mass is 32.2. The standard InChI is InChI=1S/C59H104FN2.C7H8O3S/c1-4-7-9-11-13-15-17-19-21-23-25-27-29-31-33-35-37-39-41-43-51-62(58-48-47-57(59(60)55-58)46-45-56-49-53-61(6-3)54-50-56)52-44-42-40-38-36-34-32-30-28-26-24-22-20-18-16-14-12-10-8-5-2;1-6-2-4-7(5-3-6)11(8,9)10/h45-50,53-55H,4-44,51-52H2,1-3H3;2-5H,1H3,(H,8,9,10)/q+1;/p-1. The molecule has 73 heavy (non-hydrogen) atoms. The molecule has 0 radical (unpaired) electrons. The number of anilines is 1. The molecule has 3 aromatic rings. The van der Waals surface area contributed by atoms with Crippen LogP contribution in [0.4, 0.5) is 10.1 Å². The van der Waals surface area contributed by atoms with Crippen molar-refractivity contribution >= 4 is 28.0 Å². The van der Waals surface area contributed by atoms with Crippen LogP contribution < -0.4 is 9.47 Å². The van der Waals surface area contributed by atoms with E-state index in [4.69, 9.17) is 0 Å². The van der Waals surface area contributed by atoms with Crippen molar-refractivity contribution in [2.75, 3.05) is 18.0 Å². The first-order valence-electron chi connectivity index (χ1n) is 30.9. The highest BCUT2D eigenvalue weighted by Crippen LogP contribution is 2.24. The van der Waals surface area contributed by atoms with Gasteiger partial charge in [-0.05, 0) is 62.6 Å². The van der Waals surface area contributed by atoms with Crippen LogP contribution in [-0.2, 0) is 16.7 Å². The molecule has 7 heteroatoms. The molecular weight excluding hydrogens is 920 g/mol. The molecule has 416 valence electrons. The van der Waals surface area contributed by atoms with Crippen LogP contribution in [0.1, 0.15) is 294 Å². The zero-order chi connectivity index (χ0) is 52.7. The number of rotatable bonds is 47. The SMILES string of the molecule is CCCCCCCCCCCCCCCCCCCCCCN(CCCCCCCCCCCCCCCCCCCCCC)c1ccc(C=Cc2cc[n+](CC)cc2)c(F)c1.Cc1ccc(S(=O)(=O)[O-])cc1. The fraction of sp³-hybridized carbons (Fsp3) is 0.712. The van der Waals surface area contributed by atoms with Crippen molar-refractivity contribution in [3.05, 3.63) is 89.5 Å². The largest absolute Gasteiger partial charge is 0.744 e. The van der Waals surface area contributed by atoms with E-state index in [0.717, 1.165) is 36.4 Å². The summed E-state index contributed by atoms with van der Waals surface area (Å²) < 4.78 is 48.8. The zero-order valence-corrected chi connectivity index (χ0v) is 48.6. The molecule has 0 N–H and O–H groups in total. The minimum Gasteiger partial charge on any atom is -0.744 e. The fourth-order valence-corrected chi connectivity index (χ4v) is 10.5. The Morgan fingerprint density at radius 1 is 0.452 bits per heavy atom. The number of aryl methyl sites for hydroxylation is 2. The Hall–Kier alpha value is -3.03. The maximum absolute atomic E-state index is 15.5. The van der Waals surface area contributed by atoms with Crippen molar-refractivity contribution in [1.29, 1.82) is 0 Å². The second-order valence-electron chi connectivity index (χ2n) is 21.7. The van der Waals surface area contributed by atoms with Crippen molar-refractivity contribution in [3.63, 3.8) is 0 Å². The molecule has 0 aliphatic heterocycles. The molecule has 0 spiro atoms. The van der Waals surface area contributed by atoms with E-state index in [1.54, 1.807) is 18.2 Å². The third-order valence-corrected chi connectivity index (χ3v) is 15.8. The monoisotopic (exact) mass is 1030 g/mol. The Labute approximate surface area is 451 Å². The summed E-state index contributed by atoms with van der Waals surface area (Å²) in [5, 5.41) is 0. The summed E-state index contributed by atoms with van der Waals surface area (Å²) >= 11 is 0. The summed E-state index contributed by atoms with van der Waals surface area (Å²) in [6.07, 6.45) is 64.4. The van der Waals surface area contributed by atoms with Crippen LogP contribution in [0.5, 0.6) is 0 Å². The number of aromatic nitrogens is 1. The third kappa shape index (κ3) is 37.4. The predicted octanol–water partition coefficient (Wildman–Crippen LogP) is 20.7. The van der Waals surface area contributed by atoms with Crippen LogP contribution >= 0.6 is 0 Å². The zero-order valence-electron chi connectivity index (χ0n) is 47.8. The molecule has 0 aliphatic carbocycles. The molecule has 2 aromatic carbocycles. The summed E-state index contributed by atoms with van der Waals surface area (Å²) in [6, 6.07) is 15.9. The second-order valence-corrected chi connectivity index (χ2v) is 23.1. The first-order chi connectivity index (χ1) is 35.7. The normalized spacial score (nSPS) is 11.6. The topological polar surface area (TPSA) is 64.3 Å². The minimum absolute atomic E-state index is 0.115. The van der Waals surface area contributed by atoms with Gasteiger partial charge < -0.3 is 9.45 Å². The smallest absolute Gasteiger partial charge is 0.169 e. The molecular formula is C66H111FN2O3S. The Morgan fingerprint density at radius 2 is 0.781 bits per heavy atom. The van der Waals surface area contributed by atoms with Gasteiger partial charge in [0.2, 0.25) is 0 Å². The number of hydrogen-bond acceptors (Lipinski definition) is 4. The lowest BCUT2D eigenvalue weighted by atomic mass is 10.0. The molecule has 1 aromatic heterocycles. The van der Waals surface area contributed by atoms with Gasteiger partial charge in [0.25, 0.3) is 0 Å². The molecule has 0 amide bonds. The first kappa shape index (κ1) is 66.1. The Morgan fingerprint density at radius 3 is 1.08 bits per heavy atom. The molecule has 0 atom stereocenters. The van der Waals surface area contributed by atoms with Gasteiger partial charge in [-0.15, -0.1) is 0 Å². The maximum atomic E-state index is 15.5. The quantitative estimate of drug-likeness (QED) is 0.0321. The summed E-state index contributed by atoms with van der Waals surface area (Å²) in [5.74, 6) is -0.115. The lowest BCUT2D eigenvalue weighted by molar-refractivity contribution is -0.693. The molecule has 5 nitrogen and oxygen atoms in total. The van der Waals surface area contributed by atoms with Gasteiger partial charge in [0, 0.05) is 36.5 Å². The van der Waals surface area contributed by atoms with Crippen LogP contribution in [0.2, 0.25) is 0 Å². The molecule has 0 saturated carbocycles. The first-order valence-corrected chi connectivity index (χ1v) is 32.3. The minimum atomic E-state index is -4.27. The molecule has 0 fully saturated rings. The molecule has 0 saturated heterocycles. The van der Waals surface area contributed by atoms with Crippen LogP contribution in [0.3, 0.4) is 0 Å². The van der Waals surface area contributed by atoms with Crippen LogP contribution in [-0.4, -0.2) is 26.1 Å². The summed E-state index contributed by atoms with van der Waals surface area (Å²) in [5.41, 5.74) is 3.74. The summed E-state index contributed by atoms with van der Waals surface area (Å²) in [6.45, 7) is 11.6. The van der Waals surface area contributed by atoms with Crippen molar-refractivity contribution in [2.45, 2.75) is 296 Å². The maximum Gasteiger partial charge on any atom is 0.169 e. The van der Waals surface area contributed by atoms with E-state index in [-0.39, 0.29) is 10.7 Å². The number of nitrogens with zero attached hydrogens (tertiary/aromatic N) is 2. The summed E-state index contributed by atoms with van der Waals surface area (Å²) in [4.78, 5) is 2.31. The van der Waals surface area contributed by atoms with Crippen molar-refractivity contribution in [2.24, 2.45) is 0 Å². The molecule has 0 aliphatic rings. The number of unbranched alkanes of at least 4 members (excludes halogenated alkanes) is 38. The highest BCUT2D eigenvalue weighted by Gasteiger charge is 2.10. The van der Waals surface area contributed by atoms with E-state index in [1.807, 2.05) is 25.1 Å². The second kappa shape index (κ2) is 46.3. The Kier molecular flexibility index (Phi) is 41.9. The number of halogens is 1. The van der Waals surface area contributed by atoms with E-state index < -0.39 is 10.1 Å². The highest BCUT2D eigenvalue weighted by molar-refractivity contribution is 7.85. The molecule has 3 rings (SSSR count). The van der Waals surface area contributed by atoms with Gasteiger partial charge in [0.05, 0.1) is 4.90 Å². The number of pyridine rings is 1. The lowest BCUT2D eigenvalue weighted by Crippen LogP contribution is -2.30. The van der Waals surface area contributed by atoms with Crippen molar-refractivity contribution < 1.29 is 21.9 Å². The van der Waals surface area contributed by atoms with Crippen LogP contribution in [0.25, 0.3) is 12.2 Å². The van der Waals surface area contributed by atoms with Gasteiger partial charge in [-0.3, -0.25) is 0 Å². The number of benzene rings is 2. The van der Waals surface area contributed by atoms with Gasteiger partial charge in [-0.2, -0.15) is 0 Å². The molecule has 1 heterocycles. The van der Waals surface area contributed by atoms with E-state index in [0.29, 0.717) is 5.56 Å². The average molecular weight is 1030 g/mol. The van der Waals surface area contributed by atoms with Crippen molar-refractivity contribution in [1.82, 2.24) is 0 Å². The van der Waals surface area contributed by atoms with E-state index in [2.05, 4.69) is 60.8 Å². The Bertz CT molecular complexity index is 1790. The van der Waals surface area contributed by atoms with Gasteiger partial charge >= 0.3 is 0 Å². The average Bonchev–Trinajstić information content (AvgIpc) is 3.39. The third-order valence-electron chi connectivity index (χ3n) is 15.0. The van der Waals surface area contributed by atoms with Gasteiger partial charge in [-0.1, -0.05) is 288 Å². The van der Waals surface area contributed by atoms with Gasteiger partial charge in [-0.25, -0.2) is 17.4 Å². The van der Waals surface area contributed by atoms with Crippen LogP contribution in [0.15, 0.2) is 71.9 Å². The molecule has 0 bridgehead atoms. The van der Waals surface area contributed by atoms with Gasteiger partial charge in [0.15, 0.2) is 12.4 Å². The molecule has 0 unspecified atom stereocenters. The van der Waals surface area contributed by atoms with E-state index in [9.17, 15) is 13.0 Å². The van der Waals surface area contributed by atoms with Gasteiger partial charge in [0.1, 0.15) is 22.5 Å². The fourth-order valence-electron chi connectivity index (χ4n) is 10.0. The van der Waals surface area contributed by atoms with E-state index in [1.165, 1.54) is 269 Å². The van der Waals surface area contributed by atoms with E-state index >= 15 is 4.39 Å². The number of hydrogen-bond donors (Lipinski definition) is 0. The summed E-state index contributed by atoms with van der Waals surface area (Å²) in [7, 11) is -4.27. The van der Waals surface area contributed by atoms with Crippen LogP contribution in [0, 0.1) is 12.7 Å².